The van der Waals surface area contributed by atoms with Crippen LogP contribution in [0.2, 0.25) is 0 Å². The minimum atomic E-state index is 0.664. The van der Waals surface area contributed by atoms with E-state index >= 15 is 0 Å². The van der Waals surface area contributed by atoms with Crippen LogP contribution in [0.25, 0.3) is 0 Å². The Morgan fingerprint density at radius 2 is 1.52 bits per heavy atom. The molecular weight excluding hydrogens is 376 g/mol. The second-order valence-electron chi connectivity index (χ2n) is 11.4. The van der Waals surface area contributed by atoms with Crippen molar-refractivity contribution in [3.63, 3.8) is 0 Å². The first-order chi connectivity index (χ1) is 14.9. The SMILES string of the molecule is CCCCC(CCCC(CCC)NCC(C(CC)NC)C1CC1C(C)C)CC(C)CC. The second-order valence-corrected chi connectivity index (χ2v) is 11.4. The van der Waals surface area contributed by atoms with Crippen LogP contribution in [0.5, 0.6) is 0 Å². The first-order valence-electron chi connectivity index (χ1n) is 14.3. The molecule has 2 N–H and O–H groups in total. The van der Waals surface area contributed by atoms with E-state index < -0.39 is 0 Å². The molecule has 2 heteroatoms. The number of hydrogen-bond acceptors (Lipinski definition) is 2. The molecule has 0 aromatic heterocycles. The van der Waals surface area contributed by atoms with E-state index in [1.165, 1.54) is 83.6 Å². The van der Waals surface area contributed by atoms with Crippen LogP contribution < -0.4 is 10.6 Å². The summed E-state index contributed by atoms with van der Waals surface area (Å²) in [6, 6.07) is 1.38. The van der Waals surface area contributed by atoms with E-state index in [9.17, 15) is 0 Å². The Labute approximate surface area is 197 Å². The fraction of sp³-hybridized carbons (Fsp3) is 1.00. The van der Waals surface area contributed by atoms with E-state index in [0.717, 1.165) is 35.5 Å². The zero-order valence-electron chi connectivity index (χ0n) is 22.8. The van der Waals surface area contributed by atoms with E-state index in [2.05, 4.69) is 66.1 Å². The molecule has 0 spiro atoms. The van der Waals surface area contributed by atoms with Crippen LogP contribution in [-0.2, 0) is 0 Å². The van der Waals surface area contributed by atoms with Gasteiger partial charge in [-0.1, -0.05) is 93.4 Å². The summed E-state index contributed by atoms with van der Waals surface area (Å²) in [4.78, 5) is 0. The van der Waals surface area contributed by atoms with Gasteiger partial charge in [-0.05, 0) is 81.2 Å². The molecule has 1 aliphatic carbocycles. The molecule has 0 bridgehead atoms. The van der Waals surface area contributed by atoms with Crippen LogP contribution in [0.1, 0.15) is 126 Å². The minimum absolute atomic E-state index is 0.664. The summed E-state index contributed by atoms with van der Waals surface area (Å²) >= 11 is 0. The van der Waals surface area contributed by atoms with Gasteiger partial charge in [-0.2, -0.15) is 0 Å². The third-order valence-electron chi connectivity index (χ3n) is 8.47. The van der Waals surface area contributed by atoms with Gasteiger partial charge in [0, 0.05) is 12.1 Å². The minimum Gasteiger partial charge on any atom is -0.317 e. The molecule has 7 atom stereocenters. The zero-order chi connectivity index (χ0) is 23.2. The monoisotopic (exact) mass is 436 g/mol. The van der Waals surface area contributed by atoms with Crippen LogP contribution in [0, 0.1) is 35.5 Å². The molecule has 186 valence electrons. The van der Waals surface area contributed by atoms with Crippen LogP contribution in [0.15, 0.2) is 0 Å². The Kier molecular flexibility index (Phi) is 15.4. The van der Waals surface area contributed by atoms with Crippen molar-refractivity contribution in [2.75, 3.05) is 13.6 Å². The maximum atomic E-state index is 4.08. The lowest BCUT2D eigenvalue weighted by Gasteiger charge is -2.30. The maximum Gasteiger partial charge on any atom is 0.0105 e. The fourth-order valence-corrected chi connectivity index (χ4v) is 6.07. The van der Waals surface area contributed by atoms with Gasteiger partial charge >= 0.3 is 0 Å². The summed E-state index contributed by atoms with van der Waals surface area (Å²) < 4.78 is 0. The van der Waals surface area contributed by atoms with E-state index in [1.807, 2.05) is 0 Å². The smallest absolute Gasteiger partial charge is 0.0105 e. The Balaban J connectivity index is 2.56. The number of nitrogens with one attached hydrogen (secondary N) is 2. The molecule has 0 aromatic rings. The van der Waals surface area contributed by atoms with Gasteiger partial charge in [0.15, 0.2) is 0 Å². The van der Waals surface area contributed by atoms with E-state index in [0.29, 0.717) is 12.1 Å². The Bertz CT molecular complexity index is 417. The van der Waals surface area contributed by atoms with Crippen molar-refractivity contribution in [2.45, 2.75) is 138 Å². The Hall–Kier alpha value is -0.0800. The van der Waals surface area contributed by atoms with Crippen LogP contribution >= 0.6 is 0 Å². The van der Waals surface area contributed by atoms with Gasteiger partial charge in [-0.25, -0.2) is 0 Å². The van der Waals surface area contributed by atoms with Gasteiger partial charge in [-0.15, -0.1) is 0 Å². The second kappa shape index (κ2) is 16.5. The highest BCUT2D eigenvalue weighted by molar-refractivity contribution is 4.97. The van der Waals surface area contributed by atoms with Gasteiger partial charge in [0.1, 0.15) is 0 Å². The molecule has 1 rings (SSSR count). The first kappa shape index (κ1) is 29.0. The van der Waals surface area contributed by atoms with Crippen molar-refractivity contribution in [1.29, 1.82) is 0 Å². The molecule has 0 saturated heterocycles. The van der Waals surface area contributed by atoms with Gasteiger partial charge in [0.2, 0.25) is 0 Å². The van der Waals surface area contributed by atoms with Crippen molar-refractivity contribution >= 4 is 0 Å². The fourth-order valence-electron chi connectivity index (χ4n) is 6.07. The first-order valence-corrected chi connectivity index (χ1v) is 14.3. The highest BCUT2D eigenvalue weighted by Gasteiger charge is 2.46. The highest BCUT2D eigenvalue weighted by Crippen LogP contribution is 2.50. The number of rotatable bonds is 20. The lowest BCUT2D eigenvalue weighted by molar-refractivity contribution is 0.266. The van der Waals surface area contributed by atoms with E-state index in [1.54, 1.807) is 0 Å². The van der Waals surface area contributed by atoms with Crippen molar-refractivity contribution in [3.05, 3.63) is 0 Å². The summed E-state index contributed by atoms with van der Waals surface area (Å²) in [5.41, 5.74) is 0. The van der Waals surface area contributed by atoms with Gasteiger partial charge in [-0.3, -0.25) is 0 Å². The highest BCUT2D eigenvalue weighted by atomic mass is 15.0. The molecule has 0 amide bonds. The van der Waals surface area contributed by atoms with Crippen molar-refractivity contribution in [3.8, 4) is 0 Å². The molecule has 2 nitrogen and oxygen atoms in total. The molecular formula is C29H60N2. The quantitative estimate of drug-likeness (QED) is 0.202. The predicted octanol–water partition coefficient (Wildman–Crippen LogP) is 8.06. The summed E-state index contributed by atoms with van der Waals surface area (Å²) in [6.45, 7) is 17.9. The average molecular weight is 437 g/mol. The average Bonchev–Trinajstić information content (AvgIpc) is 3.55. The molecule has 0 radical (unpaired) electrons. The van der Waals surface area contributed by atoms with Crippen LogP contribution in [-0.4, -0.2) is 25.7 Å². The van der Waals surface area contributed by atoms with Gasteiger partial charge < -0.3 is 10.6 Å². The lowest BCUT2D eigenvalue weighted by Crippen LogP contribution is -2.43. The zero-order valence-corrected chi connectivity index (χ0v) is 22.8. The molecule has 1 saturated carbocycles. The Morgan fingerprint density at radius 1 is 0.806 bits per heavy atom. The molecule has 0 aliphatic heterocycles. The lowest BCUT2D eigenvalue weighted by atomic mass is 9.85. The summed E-state index contributed by atoms with van der Waals surface area (Å²) in [5, 5.41) is 7.73. The maximum absolute atomic E-state index is 4.08. The van der Waals surface area contributed by atoms with Crippen LogP contribution in [0.4, 0.5) is 0 Å². The Morgan fingerprint density at radius 3 is 2.03 bits per heavy atom. The number of unbranched alkanes of at least 4 members (excludes halogenated alkanes) is 1. The summed E-state index contributed by atoms with van der Waals surface area (Å²) in [6.07, 6.45) is 16.6. The van der Waals surface area contributed by atoms with Crippen molar-refractivity contribution in [2.24, 2.45) is 35.5 Å². The van der Waals surface area contributed by atoms with Gasteiger partial charge in [0.05, 0.1) is 0 Å². The number of hydrogen-bond donors (Lipinski definition) is 2. The van der Waals surface area contributed by atoms with E-state index in [-0.39, 0.29) is 0 Å². The van der Waals surface area contributed by atoms with Crippen molar-refractivity contribution < 1.29 is 0 Å². The standard InChI is InChI=1S/C29H60N2/c1-9-13-16-24(19-23(7)11-3)17-14-18-25(15-10-2)31-21-28(29(12-4)30-8)27-20-26(27)22(5)6/h22-31H,9-21H2,1-8H3. The van der Waals surface area contributed by atoms with Gasteiger partial charge in [0.25, 0.3) is 0 Å². The van der Waals surface area contributed by atoms with Crippen molar-refractivity contribution in [1.82, 2.24) is 10.6 Å². The molecule has 0 aromatic carbocycles. The summed E-state index contributed by atoms with van der Waals surface area (Å²) in [7, 11) is 2.17. The predicted molar refractivity (Wildman–Crippen MR) is 141 cm³/mol. The van der Waals surface area contributed by atoms with E-state index in [4.69, 9.17) is 0 Å². The normalized spacial score (nSPS) is 23.5. The third-order valence-corrected chi connectivity index (χ3v) is 8.47. The molecule has 31 heavy (non-hydrogen) atoms. The van der Waals surface area contributed by atoms with Crippen LogP contribution in [0.3, 0.4) is 0 Å². The summed E-state index contributed by atoms with van der Waals surface area (Å²) in [5.74, 6) is 5.38. The molecule has 1 aliphatic rings. The largest absolute Gasteiger partial charge is 0.317 e. The molecule has 7 unspecified atom stereocenters. The molecule has 0 heterocycles. The molecule has 1 fully saturated rings. The topological polar surface area (TPSA) is 24.1 Å². The third kappa shape index (κ3) is 11.1.